The minimum absolute atomic E-state index is 0.740. The molecule has 0 saturated carbocycles. The number of hydrogen-bond donors (Lipinski definition) is 1. The van der Waals surface area contributed by atoms with Crippen LogP contribution >= 0.6 is 23.1 Å². The van der Waals surface area contributed by atoms with E-state index >= 15 is 0 Å². The van der Waals surface area contributed by atoms with E-state index in [4.69, 9.17) is 9.47 Å². The molecule has 7 heteroatoms. The van der Waals surface area contributed by atoms with Gasteiger partial charge in [0.1, 0.15) is 11.5 Å². The van der Waals surface area contributed by atoms with Crippen molar-refractivity contribution in [2.45, 2.75) is 16.6 Å². The van der Waals surface area contributed by atoms with Crippen molar-refractivity contribution in [3.05, 3.63) is 59.7 Å². The Kier molecular flexibility index (Phi) is 6.14. The minimum atomic E-state index is 0.740. The molecule has 0 fully saturated rings. The second kappa shape index (κ2) is 8.73. The molecule has 0 radical (unpaired) electrons. The number of thioether (sulfide) groups is 1. The van der Waals surface area contributed by atoms with Gasteiger partial charge in [-0.25, -0.2) is 0 Å². The van der Waals surface area contributed by atoms with Gasteiger partial charge in [-0.3, -0.25) is 0 Å². The van der Waals surface area contributed by atoms with Crippen molar-refractivity contribution in [3.8, 4) is 11.5 Å². The first-order valence-corrected chi connectivity index (χ1v) is 9.53. The van der Waals surface area contributed by atoms with Gasteiger partial charge in [-0.05, 0) is 23.8 Å². The fourth-order valence-electron chi connectivity index (χ4n) is 2.25. The van der Waals surface area contributed by atoms with Crippen molar-refractivity contribution in [2.24, 2.45) is 0 Å². The summed E-state index contributed by atoms with van der Waals surface area (Å²) in [7, 11) is 3.33. The summed E-state index contributed by atoms with van der Waals surface area (Å²) in [5, 5.41) is 12.6. The van der Waals surface area contributed by atoms with Crippen LogP contribution in [0.3, 0.4) is 0 Å². The summed E-state index contributed by atoms with van der Waals surface area (Å²) < 4.78 is 11.6. The Hall–Kier alpha value is -2.25. The van der Waals surface area contributed by atoms with Crippen LogP contribution in [0.2, 0.25) is 0 Å². The molecule has 0 aliphatic carbocycles. The predicted octanol–water partition coefficient (Wildman–Crippen LogP) is 4.46. The van der Waals surface area contributed by atoms with E-state index in [0.29, 0.717) is 0 Å². The molecule has 3 rings (SSSR count). The standard InChI is InChI=1S/C18H19N3O2S2/c1-22-15-8-9-16(23-2)14(10-15)12-24-18-21-20-17(25-18)19-11-13-6-4-3-5-7-13/h3-10H,11-12H2,1-2H3,(H,19,20). The normalized spacial score (nSPS) is 10.5. The maximum atomic E-state index is 5.41. The van der Waals surface area contributed by atoms with Crippen molar-refractivity contribution in [1.29, 1.82) is 0 Å². The van der Waals surface area contributed by atoms with Crippen LogP contribution in [0.1, 0.15) is 11.1 Å². The molecule has 0 unspecified atom stereocenters. The fourth-order valence-corrected chi connectivity index (χ4v) is 3.97. The Balaban J connectivity index is 1.58. The highest BCUT2D eigenvalue weighted by molar-refractivity contribution is 8.00. The maximum absolute atomic E-state index is 5.41. The van der Waals surface area contributed by atoms with Crippen LogP contribution in [0.4, 0.5) is 5.13 Å². The maximum Gasteiger partial charge on any atom is 0.206 e. The van der Waals surface area contributed by atoms with E-state index in [1.54, 1.807) is 37.3 Å². The van der Waals surface area contributed by atoms with Gasteiger partial charge < -0.3 is 14.8 Å². The molecule has 1 aromatic heterocycles. The molecule has 0 aliphatic heterocycles. The lowest BCUT2D eigenvalue weighted by Gasteiger charge is -2.09. The Labute approximate surface area is 155 Å². The van der Waals surface area contributed by atoms with Gasteiger partial charge in [-0.2, -0.15) is 0 Å². The second-order valence-corrected chi connectivity index (χ2v) is 7.38. The van der Waals surface area contributed by atoms with E-state index in [0.717, 1.165) is 38.8 Å². The van der Waals surface area contributed by atoms with Crippen molar-refractivity contribution >= 4 is 28.2 Å². The quantitative estimate of drug-likeness (QED) is 0.588. The van der Waals surface area contributed by atoms with Gasteiger partial charge in [0.2, 0.25) is 5.13 Å². The van der Waals surface area contributed by atoms with Crippen LogP contribution in [-0.2, 0) is 12.3 Å². The molecule has 130 valence electrons. The molecule has 5 nitrogen and oxygen atoms in total. The van der Waals surface area contributed by atoms with Gasteiger partial charge >= 0.3 is 0 Å². The first-order valence-electron chi connectivity index (χ1n) is 7.73. The van der Waals surface area contributed by atoms with Crippen molar-refractivity contribution in [2.75, 3.05) is 19.5 Å². The van der Waals surface area contributed by atoms with E-state index in [1.165, 1.54) is 5.56 Å². The number of hydrogen-bond acceptors (Lipinski definition) is 7. The largest absolute Gasteiger partial charge is 0.497 e. The van der Waals surface area contributed by atoms with Gasteiger partial charge in [0.15, 0.2) is 4.34 Å². The molecular weight excluding hydrogens is 354 g/mol. The lowest BCUT2D eigenvalue weighted by molar-refractivity contribution is 0.400. The van der Waals surface area contributed by atoms with Crippen LogP contribution < -0.4 is 14.8 Å². The van der Waals surface area contributed by atoms with Gasteiger partial charge in [-0.15, -0.1) is 10.2 Å². The molecule has 0 spiro atoms. The molecule has 0 aliphatic rings. The van der Waals surface area contributed by atoms with Crippen LogP contribution in [0.5, 0.6) is 11.5 Å². The first kappa shape index (κ1) is 17.6. The number of aromatic nitrogens is 2. The number of nitrogens with one attached hydrogen (secondary N) is 1. The van der Waals surface area contributed by atoms with Gasteiger partial charge in [0.05, 0.1) is 14.2 Å². The zero-order chi connectivity index (χ0) is 17.5. The number of benzene rings is 2. The molecule has 0 atom stereocenters. The number of methoxy groups -OCH3 is 2. The molecule has 1 N–H and O–H groups in total. The van der Waals surface area contributed by atoms with E-state index in [-0.39, 0.29) is 0 Å². The fraction of sp³-hybridized carbons (Fsp3) is 0.222. The Morgan fingerprint density at radius 1 is 1.04 bits per heavy atom. The monoisotopic (exact) mass is 373 g/mol. The van der Waals surface area contributed by atoms with E-state index in [9.17, 15) is 0 Å². The summed E-state index contributed by atoms with van der Waals surface area (Å²) in [5.41, 5.74) is 2.29. The van der Waals surface area contributed by atoms with E-state index in [2.05, 4.69) is 27.6 Å². The first-order chi connectivity index (χ1) is 12.3. The summed E-state index contributed by atoms with van der Waals surface area (Å²) in [6, 6.07) is 16.0. The molecule has 1 heterocycles. The number of nitrogens with zero attached hydrogens (tertiary/aromatic N) is 2. The topological polar surface area (TPSA) is 56.3 Å². The molecule has 0 saturated heterocycles. The average Bonchev–Trinajstić information content (AvgIpc) is 3.13. The molecule has 2 aromatic carbocycles. The number of ether oxygens (including phenoxy) is 2. The lowest BCUT2D eigenvalue weighted by Crippen LogP contribution is -1.98. The van der Waals surface area contributed by atoms with Crippen LogP contribution in [0, 0.1) is 0 Å². The number of anilines is 1. The highest BCUT2D eigenvalue weighted by atomic mass is 32.2. The Bertz CT molecular complexity index is 809. The molecular formula is C18H19N3O2S2. The summed E-state index contributed by atoms with van der Waals surface area (Å²) >= 11 is 3.19. The molecule has 3 aromatic rings. The lowest BCUT2D eigenvalue weighted by atomic mass is 10.2. The highest BCUT2D eigenvalue weighted by Gasteiger charge is 2.09. The summed E-state index contributed by atoms with van der Waals surface area (Å²) in [6.45, 7) is 0.740. The van der Waals surface area contributed by atoms with Gasteiger partial charge in [0.25, 0.3) is 0 Å². The van der Waals surface area contributed by atoms with Crippen LogP contribution in [0.15, 0.2) is 52.9 Å². The molecule has 0 bridgehead atoms. The average molecular weight is 374 g/mol. The second-order valence-electron chi connectivity index (χ2n) is 5.18. The molecule has 0 amide bonds. The zero-order valence-electron chi connectivity index (χ0n) is 14.1. The summed E-state index contributed by atoms with van der Waals surface area (Å²) in [6.07, 6.45) is 0. The van der Waals surface area contributed by atoms with Crippen LogP contribution in [-0.4, -0.2) is 24.4 Å². The minimum Gasteiger partial charge on any atom is -0.497 e. The zero-order valence-corrected chi connectivity index (χ0v) is 15.7. The van der Waals surface area contributed by atoms with Gasteiger partial charge in [0, 0.05) is 17.9 Å². The summed E-state index contributed by atoms with van der Waals surface area (Å²) in [5.74, 6) is 2.41. The third kappa shape index (κ3) is 4.87. The number of rotatable bonds is 8. The van der Waals surface area contributed by atoms with Crippen molar-refractivity contribution < 1.29 is 9.47 Å². The van der Waals surface area contributed by atoms with Crippen molar-refractivity contribution in [3.63, 3.8) is 0 Å². The van der Waals surface area contributed by atoms with E-state index < -0.39 is 0 Å². The van der Waals surface area contributed by atoms with E-state index in [1.807, 2.05) is 36.4 Å². The van der Waals surface area contributed by atoms with Crippen molar-refractivity contribution in [1.82, 2.24) is 10.2 Å². The smallest absolute Gasteiger partial charge is 0.206 e. The summed E-state index contributed by atoms with van der Waals surface area (Å²) in [4.78, 5) is 0. The third-order valence-corrected chi connectivity index (χ3v) is 5.59. The Morgan fingerprint density at radius 2 is 1.88 bits per heavy atom. The van der Waals surface area contributed by atoms with Gasteiger partial charge in [-0.1, -0.05) is 53.4 Å². The molecule has 25 heavy (non-hydrogen) atoms. The third-order valence-electron chi connectivity index (χ3n) is 3.53. The predicted molar refractivity (Wildman–Crippen MR) is 103 cm³/mol. The highest BCUT2D eigenvalue weighted by Crippen LogP contribution is 2.33. The van der Waals surface area contributed by atoms with Crippen LogP contribution in [0.25, 0.3) is 0 Å². The Morgan fingerprint density at radius 3 is 2.64 bits per heavy atom. The SMILES string of the molecule is COc1ccc(OC)c(CSc2nnc(NCc3ccccc3)s2)c1.